The van der Waals surface area contributed by atoms with Gasteiger partial charge in [-0.1, -0.05) is 36.4 Å². The van der Waals surface area contributed by atoms with E-state index in [2.05, 4.69) is 61.7 Å². The van der Waals surface area contributed by atoms with E-state index < -0.39 is 12.7 Å². The molecule has 1 atom stereocenters. The summed E-state index contributed by atoms with van der Waals surface area (Å²) in [6.07, 6.45) is 3.50. The van der Waals surface area contributed by atoms with E-state index in [1.807, 2.05) is 6.92 Å². The van der Waals surface area contributed by atoms with E-state index in [1.165, 1.54) is 17.8 Å². The Morgan fingerprint density at radius 2 is 1.72 bits per heavy atom. The molecule has 0 spiro atoms. The second-order valence-corrected chi connectivity index (χ2v) is 7.08. The smallest absolute Gasteiger partial charge is 0.387 e. The van der Waals surface area contributed by atoms with Crippen molar-refractivity contribution in [1.82, 2.24) is 10.6 Å². The van der Waals surface area contributed by atoms with Gasteiger partial charge in [0.25, 0.3) is 0 Å². The van der Waals surface area contributed by atoms with Crippen LogP contribution < -0.4 is 20.3 Å². The Hall–Kier alpha value is -2.40. The molecular formula is C23H29F2IN4O2. The molecule has 0 bridgehead atoms. The maximum Gasteiger partial charge on any atom is 0.387 e. The van der Waals surface area contributed by atoms with Gasteiger partial charge in [-0.05, 0) is 42.3 Å². The zero-order valence-corrected chi connectivity index (χ0v) is 20.2. The normalized spacial score (nSPS) is 14.3. The second kappa shape index (κ2) is 13.2. The van der Waals surface area contributed by atoms with Crippen molar-refractivity contribution in [1.29, 1.82) is 0 Å². The summed E-state index contributed by atoms with van der Waals surface area (Å²) < 4.78 is 28.8. The van der Waals surface area contributed by atoms with Gasteiger partial charge in [0.1, 0.15) is 5.75 Å². The van der Waals surface area contributed by atoms with Crippen LogP contribution in [0.2, 0.25) is 0 Å². The Morgan fingerprint density at radius 3 is 2.31 bits per heavy atom. The molecule has 0 saturated heterocycles. The first-order chi connectivity index (χ1) is 15.0. The first kappa shape index (κ1) is 25.9. The molecule has 0 amide bonds. The average Bonchev–Trinajstić information content (AvgIpc) is 3.31. The van der Waals surface area contributed by atoms with Crippen LogP contribution in [0.25, 0.3) is 0 Å². The summed E-state index contributed by atoms with van der Waals surface area (Å²) in [6.45, 7) is 2.39. The van der Waals surface area contributed by atoms with Crippen molar-refractivity contribution >= 4 is 35.6 Å². The lowest BCUT2D eigenvalue weighted by Gasteiger charge is -2.18. The lowest BCUT2D eigenvalue weighted by atomic mass is 10.1. The van der Waals surface area contributed by atoms with E-state index in [1.54, 1.807) is 12.1 Å². The number of rotatable bonds is 9. The van der Waals surface area contributed by atoms with E-state index in [0.29, 0.717) is 24.6 Å². The van der Waals surface area contributed by atoms with Gasteiger partial charge in [-0.2, -0.15) is 8.78 Å². The predicted octanol–water partition coefficient (Wildman–Crippen LogP) is 4.07. The molecule has 0 fully saturated rings. The zero-order valence-electron chi connectivity index (χ0n) is 17.9. The maximum atomic E-state index is 12.2. The summed E-state index contributed by atoms with van der Waals surface area (Å²) in [5.41, 5.74) is 2.87. The summed E-state index contributed by atoms with van der Waals surface area (Å²) in [6, 6.07) is 14.3. The molecule has 3 rings (SSSR count). The lowest BCUT2D eigenvalue weighted by Crippen LogP contribution is -2.39. The summed E-state index contributed by atoms with van der Waals surface area (Å²) in [5.74, 6) is 0.646. The third kappa shape index (κ3) is 7.94. The van der Waals surface area contributed by atoms with Gasteiger partial charge in [-0.15, -0.1) is 24.0 Å². The van der Waals surface area contributed by atoms with Gasteiger partial charge in [0.15, 0.2) is 5.96 Å². The van der Waals surface area contributed by atoms with E-state index in [0.717, 1.165) is 18.7 Å². The highest BCUT2D eigenvalue weighted by Crippen LogP contribution is 2.19. The molecule has 1 heterocycles. The first-order valence-electron chi connectivity index (χ1n) is 10.3. The van der Waals surface area contributed by atoms with Gasteiger partial charge in [-0.25, -0.2) is 4.99 Å². The summed E-state index contributed by atoms with van der Waals surface area (Å²) in [4.78, 5) is 6.86. The fraction of sp³-hybridized carbons (Fsp3) is 0.348. The van der Waals surface area contributed by atoms with Crippen LogP contribution in [-0.2, 0) is 6.54 Å². The van der Waals surface area contributed by atoms with Crippen LogP contribution in [0.4, 0.5) is 14.5 Å². The SMILES string of the molecule is CCNC(=NCc1ccc(N2CC=CC2)cc1)NCC(O)c1ccc(OC(F)F)cc1.I. The standard InChI is InChI=1S/C23H28F2N4O2.HI/c1-2-26-23(27-15-17-5-9-19(10-6-17)29-13-3-4-14-29)28-16-21(30)18-7-11-20(12-8-18)31-22(24)25;/h3-12,21-22,30H,2,13-16H2,1H3,(H2,26,27,28);1H. The number of nitrogens with one attached hydrogen (secondary N) is 2. The van der Waals surface area contributed by atoms with E-state index in [4.69, 9.17) is 0 Å². The molecule has 1 aliphatic heterocycles. The topological polar surface area (TPSA) is 69.1 Å². The quantitative estimate of drug-likeness (QED) is 0.188. The van der Waals surface area contributed by atoms with Crippen LogP contribution in [0.15, 0.2) is 65.7 Å². The number of aliphatic imine (C=N–C) groups is 1. The van der Waals surface area contributed by atoms with Gasteiger partial charge in [0, 0.05) is 31.9 Å². The zero-order chi connectivity index (χ0) is 22.1. The van der Waals surface area contributed by atoms with Crippen molar-refractivity contribution in [3.63, 3.8) is 0 Å². The van der Waals surface area contributed by atoms with Crippen molar-refractivity contribution in [3.8, 4) is 5.75 Å². The van der Waals surface area contributed by atoms with Crippen LogP contribution >= 0.6 is 24.0 Å². The number of aliphatic hydroxyl groups excluding tert-OH is 1. The molecule has 0 saturated carbocycles. The van der Waals surface area contributed by atoms with Crippen molar-refractivity contribution in [2.75, 3.05) is 31.1 Å². The van der Waals surface area contributed by atoms with Crippen LogP contribution in [0.3, 0.4) is 0 Å². The number of anilines is 1. The van der Waals surface area contributed by atoms with E-state index in [9.17, 15) is 13.9 Å². The summed E-state index contributed by atoms with van der Waals surface area (Å²) in [5, 5.41) is 16.7. The minimum Gasteiger partial charge on any atom is -0.435 e. The predicted molar refractivity (Wildman–Crippen MR) is 134 cm³/mol. The largest absolute Gasteiger partial charge is 0.435 e. The van der Waals surface area contributed by atoms with Crippen molar-refractivity contribution in [3.05, 3.63) is 71.8 Å². The number of aliphatic hydroxyl groups is 1. The Morgan fingerprint density at radius 1 is 1.06 bits per heavy atom. The molecule has 0 aliphatic carbocycles. The van der Waals surface area contributed by atoms with Gasteiger partial charge in [-0.3, -0.25) is 0 Å². The van der Waals surface area contributed by atoms with Crippen LogP contribution in [0.1, 0.15) is 24.2 Å². The molecule has 0 radical (unpaired) electrons. The van der Waals surface area contributed by atoms with Crippen LogP contribution in [0, 0.1) is 0 Å². The van der Waals surface area contributed by atoms with Crippen LogP contribution in [0.5, 0.6) is 5.75 Å². The molecule has 3 N–H and O–H groups in total. The van der Waals surface area contributed by atoms with Crippen molar-refractivity contribution < 1.29 is 18.6 Å². The van der Waals surface area contributed by atoms with Crippen molar-refractivity contribution in [2.24, 2.45) is 4.99 Å². The minimum atomic E-state index is -2.87. The summed E-state index contributed by atoms with van der Waals surface area (Å²) in [7, 11) is 0. The molecule has 2 aromatic rings. The Kier molecular flexibility index (Phi) is 10.7. The fourth-order valence-corrected chi connectivity index (χ4v) is 3.20. The molecule has 0 aromatic heterocycles. The molecule has 32 heavy (non-hydrogen) atoms. The molecular weight excluding hydrogens is 529 g/mol. The van der Waals surface area contributed by atoms with Gasteiger partial charge in [0.05, 0.1) is 12.6 Å². The number of hydrogen-bond donors (Lipinski definition) is 3. The number of nitrogens with zero attached hydrogens (tertiary/aromatic N) is 2. The highest BCUT2D eigenvalue weighted by molar-refractivity contribution is 14.0. The highest BCUT2D eigenvalue weighted by atomic mass is 127. The number of ether oxygens (including phenoxy) is 1. The number of halogens is 3. The second-order valence-electron chi connectivity index (χ2n) is 7.08. The Balaban J connectivity index is 0.00000363. The highest BCUT2D eigenvalue weighted by Gasteiger charge is 2.11. The molecule has 1 unspecified atom stereocenters. The lowest BCUT2D eigenvalue weighted by molar-refractivity contribution is -0.0498. The number of hydrogen-bond acceptors (Lipinski definition) is 4. The molecule has 174 valence electrons. The first-order valence-corrected chi connectivity index (χ1v) is 10.3. The van der Waals surface area contributed by atoms with Crippen molar-refractivity contribution in [2.45, 2.75) is 26.2 Å². The molecule has 2 aromatic carbocycles. The van der Waals surface area contributed by atoms with Gasteiger partial charge < -0.3 is 25.4 Å². The fourth-order valence-electron chi connectivity index (χ4n) is 3.20. The minimum absolute atomic E-state index is 0. The number of guanidine groups is 1. The average molecular weight is 558 g/mol. The van der Waals surface area contributed by atoms with Gasteiger partial charge >= 0.3 is 6.61 Å². The monoisotopic (exact) mass is 558 g/mol. The molecule has 9 heteroatoms. The van der Waals surface area contributed by atoms with E-state index in [-0.39, 0.29) is 36.3 Å². The third-order valence-corrected chi connectivity index (χ3v) is 4.84. The van der Waals surface area contributed by atoms with Crippen LogP contribution in [-0.4, -0.2) is 43.9 Å². The van der Waals surface area contributed by atoms with Gasteiger partial charge in [0.2, 0.25) is 0 Å². The summed E-state index contributed by atoms with van der Waals surface area (Å²) >= 11 is 0. The third-order valence-electron chi connectivity index (χ3n) is 4.84. The maximum absolute atomic E-state index is 12.2. The molecule has 6 nitrogen and oxygen atoms in total. The molecule has 1 aliphatic rings. The number of alkyl halides is 2. The Labute approximate surface area is 204 Å². The van der Waals surface area contributed by atoms with E-state index >= 15 is 0 Å². The Bertz CT molecular complexity index is 869. The number of benzene rings is 2.